The number of carbonyl (C=O) groups is 1. The molecule has 0 unspecified atom stereocenters. The molecule has 1 saturated heterocycles. The van der Waals surface area contributed by atoms with Crippen molar-refractivity contribution in [2.45, 2.75) is 32.4 Å². The third-order valence-corrected chi connectivity index (χ3v) is 6.08. The summed E-state index contributed by atoms with van der Waals surface area (Å²) in [6, 6.07) is 10.2. The van der Waals surface area contributed by atoms with Crippen molar-refractivity contribution in [1.82, 2.24) is 9.80 Å². The lowest BCUT2D eigenvalue weighted by Crippen LogP contribution is -2.37. The summed E-state index contributed by atoms with van der Waals surface area (Å²) in [6.45, 7) is 5.81. The molecule has 0 aliphatic carbocycles. The molecule has 25 heavy (non-hydrogen) atoms. The van der Waals surface area contributed by atoms with Crippen LogP contribution in [0.4, 0.5) is 0 Å². The molecule has 3 heterocycles. The highest BCUT2D eigenvalue weighted by atomic mass is 32.2. The Balaban J connectivity index is 1.55. The number of ether oxygens (including phenoxy) is 1. The van der Waals surface area contributed by atoms with Crippen LogP contribution in [0.2, 0.25) is 0 Å². The Labute approximate surface area is 152 Å². The fraction of sp³-hybridized carbons (Fsp3) is 0.474. The van der Waals surface area contributed by atoms with Crippen molar-refractivity contribution in [2.75, 3.05) is 26.2 Å². The molecule has 0 saturated carbocycles. The number of hydrogen-bond donors (Lipinski definition) is 0. The van der Waals surface area contributed by atoms with Gasteiger partial charge in [-0.2, -0.15) is 0 Å². The lowest BCUT2D eigenvalue weighted by atomic mass is 10.1. The Morgan fingerprint density at radius 1 is 1.40 bits per heavy atom. The summed E-state index contributed by atoms with van der Waals surface area (Å²) < 4.78 is 5.78. The normalized spacial score (nSPS) is 22.4. The average molecular weight is 357 g/mol. The molecular formula is C19H23N3O2S. The number of amidine groups is 1. The third kappa shape index (κ3) is 3.46. The van der Waals surface area contributed by atoms with E-state index in [0.717, 1.165) is 53.9 Å². The number of fused-ring (bicyclic) bond motifs is 1. The summed E-state index contributed by atoms with van der Waals surface area (Å²) in [6.07, 6.45) is 2.26. The molecule has 5 nitrogen and oxygen atoms in total. The number of nitrogens with zero attached hydrogens (tertiary/aromatic N) is 3. The van der Waals surface area contributed by atoms with Gasteiger partial charge in [0.2, 0.25) is 0 Å². The standard InChI is InChI=1S/C19H23N3O2S/c1-14-17(25-19-20-9-10-22(14)19)18(23)21(13-16-8-5-11-24-16)12-15-6-3-2-4-7-15/h2-4,6-7,16H,5,8-13H2,1H3/t16-/m0/s1. The van der Waals surface area contributed by atoms with E-state index < -0.39 is 0 Å². The highest BCUT2D eigenvalue weighted by Crippen LogP contribution is 2.37. The van der Waals surface area contributed by atoms with Gasteiger partial charge in [0, 0.05) is 31.9 Å². The van der Waals surface area contributed by atoms with Crippen LogP contribution in [0, 0.1) is 0 Å². The molecule has 1 fully saturated rings. The molecule has 0 N–H and O–H groups in total. The van der Waals surface area contributed by atoms with Gasteiger partial charge in [-0.25, -0.2) is 0 Å². The third-order valence-electron chi connectivity index (χ3n) is 4.87. The number of hydrogen-bond acceptors (Lipinski definition) is 5. The summed E-state index contributed by atoms with van der Waals surface area (Å²) >= 11 is 1.52. The van der Waals surface area contributed by atoms with Crippen LogP contribution in [0.1, 0.15) is 25.3 Å². The van der Waals surface area contributed by atoms with Crippen molar-refractivity contribution in [3.63, 3.8) is 0 Å². The highest BCUT2D eigenvalue weighted by molar-refractivity contribution is 8.18. The van der Waals surface area contributed by atoms with Gasteiger partial charge < -0.3 is 14.5 Å². The minimum Gasteiger partial charge on any atom is -0.376 e. The Morgan fingerprint density at radius 3 is 2.96 bits per heavy atom. The van der Waals surface area contributed by atoms with Crippen LogP contribution in [-0.4, -0.2) is 53.2 Å². The molecule has 0 aromatic heterocycles. The first kappa shape index (κ1) is 16.7. The molecule has 3 aliphatic rings. The van der Waals surface area contributed by atoms with Gasteiger partial charge >= 0.3 is 0 Å². The van der Waals surface area contributed by atoms with Gasteiger partial charge in [-0.3, -0.25) is 9.79 Å². The van der Waals surface area contributed by atoms with E-state index in [1.165, 1.54) is 11.8 Å². The molecule has 6 heteroatoms. The number of rotatable bonds is 5. The van der Waals surface area contributed by atoms with Crippen LogP contribution in [0.15, 0.2) is 45.9 Å². The minimum absolute atomic E-state index is 0.0963. The molecule has 1 atom stereocenters. The van der Waals surface area contributed by atoms with Crippen molar-refractivity contribution in [1.29, 1.82) is 0 Å². The Kier molecular flexibility index (Phi) is 4.81. The maximum absolute atomic E-state index is 13.3. The average Bonchev–Trinajstić information content (AvgIpc) is 3.35. The monoisotopic (exact) mass is 357 g/mol. The lowest BCUT2D eigenvalue weighted by Gasteiger charge is -2.26. The Morgan fingerprint density at radius 2 is 2.24 bits per heavy atom. The van der Waals surface area contributed by atoms with Crippen molar-refractivity contribution in [3.05, 3.63) is 46.5 Å². The van der Waals surface area contributed by atoms with Crippen molar-refractivity contribution >= 4 is 22.8 Å². The maximum Gasteiger partial charge on any atom is 0.262 e. The number of thioether (sulfide) groups is 1. The SMILES string of the molecule is CC1=C(C(=O)N(Cc2ccccc2)C[C@@H]2CCCO2)SC2=NCCN21. The van der Waals surface area contributed by atoms with E-state index in [0.29, 0.717) is 13.1 Å². The first-order valence-electron chi connectivity index (χ1n) is 8.88. The van der Waals surface area contributed by atoms with Gasteiger partial charge in [0.05, 0.1) is 17.6 Å². The van der Waals surface area contributed by atoms with E-state index in [1.54, 1.807) is 0 Å². The topological polar surface area (TPSA) is 45.1 Å². The number of amides is 1. The summed E-state index contributed by atoms with van der Waals surface area (Å²) in [7, 11) is 0. The largest absolute Gasteiger partial charge is 0.376 e. The van der Waals surface area contributed by atoms with Crippen LogP contribution in [0.3, 0.4) is 0 Å². The van der Waals surface area contributed by atoms with E-state index in [9.17, 15) is 4.79 Å². The zero-order valence-electron chi connectivity index (χ0n) is 14.5. The van der Waals surface area contributed by atoms with E-state index >= 15 is 0 Å². The zero-order chi connectivity index (χ0) is 17.2. The molecule has 132 valence electrons. The number of carbonyl (C=O) groups excluding carboxylic acids is 1. The molecule has 1 aromatic carbocycles. The van der Waals surface area contributed by atoms with E-state index in [1.807, 2.05) is 30.0 Å². The molecule has 1 amide bonds. The van der Waals surface area contributed by atoms with E-state index in [4.69, 9.17) is 4.74 Å². The van der Waals surface area contributed by atoms with Gasteiger partial charge in [-0.15, -0.1) is 0 Å². The van der Waals surface area contributed by atoms with Crippen molar-refractivity contribution < 1.29 is 9.53 Å². The summed E-state index contributed by atoms with van der Waals surface area (Å²) in [5, 5.41) is 0.970. The first-order valence-corrected chi connectivity index (χ1v) is 9.69. The zero-order valence-corrected chi connectivity index (χ0v) is 15.3. The summed E-state index contributed by atoms with van der Waals surface area (Å²) in [5.41, 5.74) is 2.18. The molecule has 0 spiro atoms. The number of allylic oxidation sites excluding steroid dienone is 1. The second-order valence-corrected chi connectivity index (χ2v) is 7.62. The maximum atomic E-state index is 13.3. The lowest BCUT2D eigenvalue weighted by molar-refractivity contribution is -0.128. The first-order chi connectivity index (χ1) is 12.2. The van der Waals surface area contributed by atoms with Gasteiger partial charge in [-0.1, -0.05) is 30.3 Å². The van der Waals surface area contributed by atoms with Crippen LogP contribution in [-0.2, 0) is 16.1 Å². The van der Waals surface area contributed by atoms with Gasteiger partial charge in [0.25, 0.3) is 5.91 Å². The molecule has 1 aromatic rings. The fourth-order valence-corrected chi connectivity index (χ4v) is 4.66. The predicted molar refractivity (Wildman–Crippen MR) is 100 cm³/mol. The second kappa shape index (κ2) is 7.22. The van der Waals surface area contributed by atoms with Crippen molar-refractivity contribution in [3.8, 4) is 0 Å². The Bertz CT molecular complexity index is 711. The van der Waals surface area contributed by atoms with Crippen LogP contribution in [0.5, 0.6) is 0 Å². The molecule has 3 aliphatic heterocycles. The minimum atomic E-state index is 0.0963. The van der Waals surface area contributed by atoms with E-state index in [-0.39, 0.29) is 12.0 Å². The molecule has 4 rings (SSSR count). The number of aliphatic imine (C=N–C) groups is 1. The highest BCUT2D eigenvalue weighted by Gasteiger charge is 2.35. The van der Waals surface area contributed by atoms with Crippen LogP contribution in [0.25, 0.3) is 0 Å². The van der Waals surface area contributed by atoms with Gasteiger partial charge in [-0.05, 0) is 37.1 Å². The number of benzene rings is 1. The quantitative estimate of drug-likeness (QED) is 0.813. The molecular weight excluding hydrogens is 334 g/mol. The van der Waals surface area contributed by atoms with Crippen LogP contribution >= 0.6 is 11.8 Å². The van der Waals surface area contributed by atoms with Crippen molar-refractivity contribution in [2.24, 2.45) is 4.99 Å². The predicted octanol–water partition coefficient (Wildman–Crippen LogP) is 2.84. The second-order valence-electron chi connectivity index (χ2n) is 6.64. The van der Waals surface area contributed by atoms with E-state index in [2.05, 4.69) is 22.0 Å². The van der Waals surface area contributed by atoms with Gasteiger partial charge in [0.15, 0.2) is 5.17 Å². The van der Waals surface area contributed by atoms with Gasteiger partial charge in [0.1, 0.15) is 0 Å². The van der Waals surface area contributed by atoms with Crippen LogP contribution < -0.4 is 0 Å². The summed E-state index contributed by atoms with van der Waals surface area (Å²) in [4.78, 5) is 22.7. The molecule has 0 bridgehead atoms. The Hall–Kier alpha value is -1.79. The summed E-state index contributed by atoms with van der Waals surface area (Å²) in [5.74, 6) is 0.0963. The fourth-order valence-electron chi connectivity index (χ4n) is 3.51. The smallest absolute Gasteiger partial charge is 0.262 e. The molecule has 0 radical (unpaired) electrons.